The lowest BCUT2D eigenvalue weighted by atomic mass is 9.76. The summed E-state index contributed by atoms with van der Waals surface area (Å²) in [7, 11) is 0. The first kappa shape index (κ1) is 19.4. The van der Waals surface area contributed by atoms with Crippen LogP contribution in [0.3, 0.4) is 0 Å². The number of hydrogen-bond acceptors (Lipinski definition) is 8. The van der Waals surface area contributed by atoms with Crippen molar-refractivity contribution in [3.8, 4) is 5.82 Å². The van der Waals surface area contributed by atoms with Crippen molar-refractivity contribution in [1.82, 2.24) is 34.6 Å². The number of hydrogen-bond donors (Lipinski definition) is 0. The van der Waals surface area contributed by atoms with Gasteiger partial charge in [0.2, 0.25) is 0 Å². The fourth-order valence-electron chi connectivity index (χ4n) is 4.83. The highest BCUT2D eigenvalue weighted by atomic mass is 16.6. The van der Waals surface area contributed by atoms with Gasteiger partial charge in [-0.3, -0.25) is 19.7 Å². The normalized spacial score (nSPS) is 28.8. The summed E-state index contributed by atoms with van der Waals surface area (Å²) in [6, 6.07) is -0.0621. The Kier molecular flexibility index (Phi) is 4.51. The van der Waals surface area contributed by atoms with Crippen LogP contribution in [0.15, 0.2) is 43.4 Å². The van der Waals surface area contributed by atoms with Crippen molar-refractivity contribution >= 4 is 5.91 Å². The zero-order valence-corrected chi connectivity index (χ0v) is 17.7. The lowest BCUT2D eigenvalue weighted by Crippen LogP contribution is -2.54. The molecule has 2 aliphatic heterocycles. The average molecular weight is 433 g/mol. The van der Waals surface area contributed by atoms with E-state index < -0.39 is 5.60 Å². The van der Waals surface area contributed by atoms with Crippen molar-refractivity contribution in [1.29, 1.82) is 0 Å². The summed E-state index contributed by atoms with van der Waals surface area (Å²) < 4.78 is 13.9. The molecule has 1 unspecified atom stereocenters. The van der Waals surface area contributed by atoms with E-state index in [1.54, 1.807) is 41.9 Å². The summed E-state index contributed by atoms with van der Waals surface area (Å²) in [5.41, 5.74) is 1.86. The molecule has 3 fully saturated rings. The topological polar surface area (TPSA) is 108 Å². The Morgan fingerprint density at radius 1 is 1.12 bits per heavy atom. The lowest BCUT2D eigenvalue weighted by molar-refractivity contribution is -0.177. The molecule has 1 spiro atoms. The fraction of sp³-hybridized carbons (Fsp3) is 0.455. The highest BCUT2D eigenvalue weighted by Crippen LogP contribution is 2.51. The predicted molar refractivity (Wildman–Crippen MR) is 110 cm³/mol. The highest BCUT2D eigenvalue weighted by Gasteiger charge is 2.63. The molecule has 164 valence electrons. The average Bonchev–Trinajstić information content (AvgIpc) is 3.48. The predicted octanol–water partition coefficient (Wildman–Crippen LogP) is 1.90. The van der Waals surface area contributed by atoms with E-state index in [0.717, 1.165) is 29.8 Å². The van der Waals surface area contributed by atoms with E-state index in [4.69, 9.17) is 9.47 Å². The lowest BCUT2D eigenvalue weighted by Gasteiger charge is -2.42. The van der Waals surface area contributed by atoms with E-state index in [2.05, 4.69) is 25.0 Å². The van der Waals surface area contributed by atoms with E-state index in [1.807, 2.05) is 18.0 Å². The van der Waals surface area contributed by atoms with Crippen LogP contribution in [0.1, 0.15) is 48.7 Å². The standard InChI is InChI=1S/C22H23N7O3/c1-14-8-27-28(12-14)19-11-25-15(9-26-19)13-31-16-6-22(7-16)21(30)29-18(2-3-20(29)32-22)17-10-23-4-5-24-17/h4-5,8-12,16,18,20H,2-3,6-7,13H2,1H3/t16?,18-,20?,22?/m0/s1. The smallest absolute Gasteiger partial charge is 0.257 e. The van der Waals surface area contributed by atoms with Crippen molar-refractivity contribution in [3.63, 3.8) is 0 Å². The Balaban J connectivity index is 1.06. The van der Waals surface area contributed by atoms with Gasteiger partial charge in [0.25, 0.3) is 5.91 Å². The van der Waals surface area contributed by atoms with Gasteiger partial charge < -0.3 is 14.4 Å². The zero-order chi connectivity index (χ0) is 21.7. The van der Waals surface area contributed by atoms with Crippen molar-refractivity contribution < 1.29 is 14.3 Å². The van der Waals surface area contributed by atoms with Crippen LogP contribution >= 0.6 is 0 Å². The van der Waals surface area contributed by atoms with Crippen LogP contribution in [0, 0.1) is 6.92 Å². The van der Waals surface area contributed by atoms with Crippen LogP contribution in [0.5, 0.6) is 0 Å². The number of fused-ring (bicyclic) bond motifs is 1. The van der Waals surface area contributed by atoms with Crippen molar-refractivity contribution in [2.24, 2.45) is 0 Å². The molecule has 3 aromatic rings. The Labute approximate surface area is 184 Å². The Bertz CT molecular complexity index is 1130. The monoisotopic (exact) mass is 433 g/mol. The maximum atomic E-state index is 13.2. The summed E-state index contributed by atoms with van der Waals surface area (Å²) in [6.07, 6.45) is 14.6. The SMILES string of the molecule is Cc1cnn(-c2cnc(COC3CC4(C3)OC3CC[C@@H](c5cnccn5)N3C4=O)cn2)c1. The van der Waals surface area contributed by atoms with Crippen LogP contribution in [-0.4, -0.2) is 58.5 Å². The molecule has 2 saturated heterocycles. The molecular weight excluding hydrogens is 410 g/mol. The Morgan fingerprint density at radius 3 is 2.75 bits per heavy atom. The van der Waals surface area contributed by atoms with Gasteiger partial charge in [-0.15, -0.1) is 0 Å². The molecule has 10 heteroatoms. The number of aryl methyl sites for hydroxylation is 1. The van der Waals surface area contributed by atoms with E-state index in [-0.39, 0.29) is 24.3 Å². The minimum atomic E-state index is -0.760. The molecule has 1 aliphatic carbocycles. The molecule has 0 N–H and O–H groups in total. The molecule has 10 nitrogen and oxygen atoms in total. The van der Waals surface area contributed by atoms with Gasteiger partial charge in [0.05, 0.1) is 54.9 Å². The quantitative estimate of drug-likeness (QED) is 0.600. The molecule has 3 aromatic heterocycles. The third-order valence-corrected chi connectivity index (χ3v) is 6.46. The number of ether oxygens (including phenoxy) is 2. The maximum Gasteiger partial charge on any atom is 0.257 e. The molecule has 2 atom stereocenters. The van der Waals surface area contributed by atoms with Gasteiger partial charge >= 0.3 is 0 Å². The fourth-order valence-corrected chi connectivity index (χ4v) is 4.83. The first-order chi connectivity index (χ1) is 15.6. The first-order valence-corrected chi connectivity index (χ1v) is 10.8. The maximum absolute atomic E-state index is 13.2. The molecule has 1 saturated carbocycles. The van der Waals surface area contributed by atoms with Crippen molar-refractivity contribution in [2.75, 3.05) is 0 Å². The zero-order valence-electron chi connectivity index (χ0n) is 17.7. The molecule has 0 bridgehead atoms. The summed E-state index contributed by atoms with van der Waals surface area (Å²) in [4.78, 5) is 32.5. The van der Waals surface area contributed by atoms with Gasteiger partial charge in [-0.25, -0.2) is 9.67 Å². The second kappa shape index (κ2) is 7.42. The summed E-state index contributed by atoms with van der Waals surface area (Å²) >= 11 is 0. The Hall–Kier alpha value is -3.24. The number of nitrogens with zero attached hydrogens (tertiary/aromatic N) is 7. The summed E-state index contributed by atoms with van der Waals surface area (Å²) in [5, 5.41) is 4.23. The van der Waals surface area contributed by atoms with Crippen LogP contribution < -0.4 is 0 Å². The first-order valence-electron chi connectivity index (χ1n) is 10.8. The molecule has 32 heavy (non-hydrogen) atoms. The van der Waals surface area contributed by atoms with Gasteiger partial charge in [-0.1, -0.05) is 0 Å². The number of amides is 1. The van der Waals surface area contributed by atoms with E-state index in [0.29, 0.717) is 25.3 Å². The number of rotatable bonds is 5. The molecular formula is C22H23N7O3. The minimum absolute atomic E-state index is 0.0378. The summed E-state index contributed by atoms with van der Waals surface area (Å²) in [6.45, 7) is 2.32. The van der Waals surface area contributed by atoms with Crippen LogP contribution in [0.2, 0.25) is 0 Å². The molecule has 6 rings (SSSR count). The largest absolute Gasteiger partial charge is 0.372 e. The van der Waals surface area contributed by atoms with Crippen molar-refractivity contribution in [3.05, 3.63) is 60.3 Å². The van der Waals surface area contributed by atoms with E-state index in [9.17, 15) is 4.79 Å². The molecule has 3 aliphatic rings. The van der Waals surface area contributed by atoms with Gasteiger partial charge in [-0.2, -0.15) is 5.10 Å². The Morgan fingerprint density at radius 2 is 2.03 bits per heavy atom. The van der Waals surface area contributed by atoms with Crippen LogP contribution in [0.4, 0.5) is 0 Å². The number of carbonyl (C=O) groups is 1. The van der Waals surface area contributed by atoms with E-state index in [1.165, 1.54) is 0 Å². The van der Waals surface area contributed by atoms with E-state index >= 15 is 0 Å². The molecule has 0 aromatic carbocycles. The third-order valence-electron chi connectivity index (χ3n) is 6.46. The third kappa shape index (κ3) is 3.18. The number of carbonyl (C=O) groups excluding carboxylic acids is 1. The molecule has 5 heterocycles. The molecule has 1 amide bonds. The van der Waals surface area contributed by atoms with Gasteiger partial charge in [-0.05, 0) is 25.3 Å². The second-order valence-electron chi connectivity index (χ2n) is 8.67. The molecule has 0 radical (unpaired) electrons. The minimum Gasteiger partial charge on any atom is -0.372 e. The van der Waals surface area contributed by atoms with Gasteiger partial charge in [0.15, 0.2) is 11.4 Å². The number of aromatic nitrogens is 6. The van der Waals surface area contributed by atoms with Gasteiger partial charge in [0.1, 0.15) is 6.23 Å². The second-order valence-corrected chi connectivity index (χ2v) is 8.67. The van der Waals surface area contributed by atoms with Crippen LogP contribution in [-0.2, 0) is 20.9 Å². The van der Waals surface area contributed by atoms with Crippen molar-refractivity contribution in [2.45, 2.75) is 63.2 Å². The highest BCUT2D eigenvalue weighted by molar-refractivity contribution is 5.89. The van der Waals surface area contributed by atoms with Crippen LogP contribution in [0.25, 0.3) is 5.82 Å². The van der Waals surface area contributed by atoms with Gasteiger partial charge in [0, 0.05) is 31.4 Å². The summed E-state index contributed by atoms with van der Waals surface area (Å²) in [5.74, 6) is 0.710.